The van der Waals surface area contributed by atoms with E-state index in [-0.39, 0.29) is 19.6 Å². The number of rotatable bonds is 23. The van der Waals surface area contributed by atoms with Gasteiger partial charge in [-0.1, -0.05) is 108 Å². The Labute approximate surface area is 243 Å². The first-order valence-corrected chi connectivity index (χ1v) is 16.9. The molecule has 12 nitrogen and oxygen atoms in total. The van der Waals surface area contributed by atoms with Crippen molar-refractivity contribution in [2.24, 2.45) is 5.11 Å². The van der Waals surface area contributed by atoms with Crippen LogP contribution in [-0.4, -0.2) is 39.8 Å². The number of hydrogen-bond donors (Lipinski definition) is 2. The topological polar surface area (TPSA) is 169 Å². The van der Waals surface area contributed by atoms with Crippen LogP contribution >= 0.6 is 7.82 Å². The highest BCUT2D eigenvalue weighted by Gasteiger charge is 2.38. The van der Waals surface area contributed by atoms with Gasteiger partial charge in [0.1, 0.15) is 6.23 Å². The first-order chi connectivity index (χ1) is 19.8. The lowest BCUT2D eigenvalue weighted by Crippen LogP contribution is -2.33. The summed E-state index contributed by atoms with van der Waals surface area (Å²) >= 11 is 0. The summed E-state index contributed by atoms with van der Waals surface area (Å²) in [5, 5.41) is 3.68. The number of aromatic amines is 1. The van der Waals surface area contributed by atoms with E-state index in [1.54, 1.807) is 6.92 Å². The van der Waals surface area contributed by atoms with Gasteiger partial charge in [-0.2, -0.15) is 0 Å². The SMILES string of the molecule is CCCCCCCCCCCCCCCCCCOP(=O)(O)OC[C@H]1O[C@@H](n2cc(C)c(=O)[nH]c2=O)C[C@@H]1N=[N+]=[N-]. The number of phosphoric acid groups is 1. The van der Waals surface area contributed by atoms with Crippen LogP contribution in [0.1, 0.15) is 128 Å². The third kappa shape index (κ3) is 14.2. The lowest BCUT2D eigenvalue weighted by atomic mass is 10.0. The number of nitrogens with zero attached hydrogens (tertiary/aromatic N) is 4. The van der Waals surface area contributed by atoms with Gasteiger partial charge in [-0.3, -0.25) is 23.4 Å². The molecule has 234 valence electrons. The highest BCUT2D eigenvalue weighted by molar-refractivity contribution is 7.47. The minimum atomic E-state index is -4.33. The molecule has 2 N–H and O–H groups in total. The molecule has 1 aliphatic rings. The Hall–Kier alpha value is -1.94. The van der Waals surface area contributed by atoms with Crippen LogP contribution in [0.25, 0.3) is 10.4 Å². The fourth-order valence-electron chi connectivity index (χ4n) is 5.06. The molecule has 1 unspecified atom stereocenters. The Morgan fingerprint density at radius 1 is 1.00 bits per heavy atom. The number of unbranched alkanes of at least 4 members (excludes halogenated alkanes) is 15. The van der Waals surface area contributed by atoms with Gasteiger partial charge in [0, 0.05) is 23.1 Å². The largest absolute Gasteiger partial charge is 0.472 e. The van der Waals surface area contributed by atoms with Gasteiger partial charge in [-0.15, -0.1) is 0 Å². The molecule has 0 radical (unpaired) electrons. The molecule has 1 fully saturated rings. The number of aryl methyl sites for hydroxylation is 1. The Bertz CT molecular complexity index is 1090. The van der Waals surface area contributed by atoms with Crippen molar-refractivity contribution in [2.75, 3.05) is 13.2 Å². The number of phosphoric ester groups is 1. The smallest absolute Gasteiger partial charge is 0.352 e. The van der Waals surface area contributed by atoms with Crippen LogP contribution in [0.4, 0.5) is 0 Å². The lowest BCUT2D eigenvalue weighted by Gasteiger charge is -2.18. The molecule has 4 atom stereocenters. The van der Waals surface area contributed by atoms with Crippen molar-refractivity contribution in [3.63, 3.8) is 0 Å². The van der Waals surface area contributed by atoms with Crippen molar-refractivity contribution < 1.29 is 23.2 Å². The zero-order valence-electron chi connectivity index (χ0n) is 24.9. The number of ether oxygens (including phenoxy) is 1. The first-order valence-electron chi connectivity index (χ1n) is 15.4. The van der Waals surface area contributed by atoms with Gasteiger partial charge in [0.2, 0.25) is 0 Å². The van der Waals surface area contributed by atoms with Gasteiger partial charge in [0.25, 0.3) is 5.56 Å². The third-order valence-corrected chi connectivity index (χ3v) is 8.50. The van der Waals surface area contributed by atoms with Crippen LogP contribution < -0.4 is 11.2 Å². The number of nitrogens with one attached hydrogen (secondary N) is 1. The summed E-state index contributed by atoms with van der Waals surface area (Å²) in [6, 6.07) is -0.732. The molecule has 0 aliphatic carbocycles. The molecule has 41 heavy (non-hydrogen) atoms. The molecular weight excluding hydrogens is 549 g/mol. The minimum Gasteiger partial charge on any atom is -0.352 e. The molecule has 1 aromatic heterocycles. The highest BCUT2D eigenvalue weighted by Crippen LogP contribution is 2.44. The average Bonchev–Trinajstić information content (AvgIpc) is 3.34. The van der Waals surface area contributed by atoms with E-state index >= 15 is 0 Å². The van der Waals surface area contributed by atoms with E-state index in [0.717, 1.165) is 19.3 Å². The van der Waals surface area contributed by atoms with Crippen LogP contribution in [0.5, 0.6) is 0 Å². The Morgan fingerprint density at radius 3 is 2.07 bits per heavy atom. The maximum absolute atomic E-state index is 12.3. The van der Waals surface area contributed by atoms with Crippen molar-refractivity contribution in [3.8, 4) is 0 Å². The number of H-pyrrole nitrogens is 1. The van der Waals surface area contributed by atoms with Gasteiger partial charge in [-0.25, -0.2) is 9.36 Å². The number of aromatic nitrogens is 2. The average molecular weight is 600 g/mol. The highest BCUT2D eigenvalue weighted by atomic mass is 31.2. The van der Waals surface area contributed by atoms with E-state index in [0.29, 0.717) is 12.0 Å². The van der Waals surface area contributed by atoms with E-state index in [2.05, 4.69) is 21.9 Å². The quantitative estimate of drug-likeness (QED) is 0.0440. The summed E-state index contributed by atoms with van der Waals surface area (Å²) in [4.78, 5) is 38.9. The second-order valence-electron chi connectivity index (χ2n) is 11.0. The summed E-state index contributed by atoms with van der Waals surface area (Å²) in [6.07, 6.45) is 19.7. The van der Waals surface area contributed by atoms with Gasteiger partial charge in [0.05, 0.1) is 25.4 Å². The number of hydrogen-bond acceptors (Lipinski definition) is 7. The molecule has 1 aromatic rings. The van der Waals surface area contributed by atoms with Crippen LogP contribution in [0.15, 0.2) is 20.9 Å². The lowest BCUT2D eigenvalue weighted by molar-refractivity contribution is -0.0284. The number of azide groups is 1. The standard InChI is InChI=1S/C28H50N5O7P/c1-3-4-5-6-7-8-9-10-11-12-13-14-15-16-17-18-19-38-41(36,37)39-22-25-24(31-32-29)20-26(40-25)33-21-23(2)27(34)30-28(33)35/h21,24-26H,3-20,22H2,1-2H3,(H,36,37)(H,30,34,35)/t24-,25+,26+/m0/s1. The molecule has 2 heterocycles. The van der Waals surface area contributed by atoms with Gasteiger partial charge in [-0.05, 0) is 18.9 Å². The van der Waals surface area contributed by atoms with Crippen molar-refractivity contribution in [1.29, 1.82) is 0 Å². The Morgan fingerprint density at radius 2 is 1.54 bits per heavy atom. The molecule has 0 bridgehead atoms. The van der Waals surface area contributed by atoms with Crippen molar-refractivity contribution in [2.45, 2.75) is 141 Å². The normalized spacial score (nSPS) is 20.1. The summed E-state index contributed by atoms with van der Waals surface area (Å²) in [7, 11) is -4.33. The maximum Gasteiger partial charge on any atom is 0.472 e. The second kappa shape index (κ2) is 20.1. The predicted molar refractivity (Wildman–Crippen MR) is 159 cm³/mol. The van der Waals surface area contributed by atoms with Crippen molar-refractivity contribution in [1.82, 2.24) is 9.55 Å². The van der Waals surface area contributed by atoms with E-state index in [1.165, 1.54) is 87.8 Å². The van der Waals surface area contributed by atoms with Crippen LogP contribution in [-0.2, 0) is 18.3 Å². The zero-order chi connectivity index (χ0) is 29.9. The summed E-state index contributed by atoms with van der Waals surface area (Å²) in [5.74, 6) is 0. The molecule has 0 amide bonds. The molecule has 2 rings (SSSR count). The summed E-state index contributed by atoms with van der Waals surface area (Å²) in [5.41, 5.74) is 8.05. The van der Waals surface area contributed by atoms with Gasteiger partial charge in [0.15, 0.2) is 0 Å². The fourth-order valence-corrected chi connectivity index (χ4v) is 5.83. The maximum atomic E-state index is 12.3. The molecule has 0 saturated carbocycles. The van der Waals surface area contributed by atoms with Crippen LogP contribution in [0, 0.1) is 6.92 Å². The van der Waals surface area contributed by atoms with E-state index in [1.807, 2.05) is 0 Å². The van der Waals surface area contributed by atoms with Gasteiger partial charge >= 0.3 is 13.5 Å². The van der Waals surface area contributed by atoms with Crippen LogP contribution in [0.2, 0.25) is 0 Å². The van der Waals surface area contributed by atoms with Crippen molar-refractivity contribution >= 4 is 7.82 Å². The monoisotopic (exact) mass is 599 g/mol. The second-order valence-corrected chi connectivity index (χ2v) is 12.5. The molecule has 1 aliphatic heterocycles. The molecule has 0 aromatic carbocycles. The Balaban J connectivity index is 1.55. The molecule has 0 spiro atoms. The fraction of sp³-hybridized carbons (Fsp3) is 0.857. The third-order valence-electron chi connectivity index (χ3n) is 7.51. The summed E-state index contributed by atoms with van der Waals surface area (Å²) < 4.78 is 29.5. The molecule has 13 heteroatoms. The molecular formula is C28H50N5O7P. The minimum absolute atomic E-state index is 0.103. The van der Waals surface area contributed by atoms with E-state index in [4.69, 9.17) is 19.3 Å². The summed E-state index contributed by atoms with van der Waals surface area (Å²) in [6.45, 7) is 3.55. The first kappa shape index (κ1) is 35.3. The zero-order valence-corrected chi connectivity index (χ0v) is 25.8. The van der Waals surface area contributed by atoms with E-state index in [9.17, 15) is 19.0 Å². The molecule has 1 saturated heterocycles. The van der Waals surface area contributed by atoms with Crippen molar-refractivity contribution in [3.05, 3.63) is 43.0 Å². The van der Waals surface area contributed by atoms with Crippen LogP contribution in [0.3, 0.4) is 0 Å². The Kier molecular flexibility index (Phi) is 17.2. The van der Waals surface area contributed by atoms with E-state index < -0.39 is 37.4 Å². The predicted octanol–water partition coefficient (Wildman–Crippen LogP) is 7.21. The van der Waals surface area contributed by atoms with Gasteiger partial charge < -0.3 is 9.63 Å².